The average molecular weight is 233 g/mol. The minimum Gasteiger partial charge on any atom is -0.344 e. The average Bonchev–Trinajstić information content (AvgIpc) is 2.35. The standard InChI is InChI=1S/C13H19N3O/c1-10(12-5-3-4-8-14-12)15-11-6-7-13(17)16(2)9-11/h3-5,8,10-11,15H,6-7,9H2,1-2H3. The van der Waals surface area contributed by atoms with Crippen molar-refractivity contribution >= 4 is 5.91 Å². The summed E-state index contributed by atoms with van der Waals surface area (Å²) in [4.78, 5) is 17.5. The number of carbonyl (C=O) groups excluding carboxylic acids is 1. The SMILES string of the molecule is CC(NC1CCC(=O)N(C)C1)c1ccccn1. The van der Waals surface area contributed by atoms with Gasteiger partial charge in [-0.3, -0.25) is 9.78 Å². The van der Waals surface area contributed by atoms with Gasteiger partial charge in [0, 0.05) is 38.3 Å². The van der Waals surface area contributed by atoms with Crippen LogP contribution in [-0.4, -0.2) is 35.4 Å². The summed E-state index contributed by atoms with van der Waals surface area (Å²) >= 11 is 0. The molecule has 1 aromatic rings. The Labute approximate surface area is 102 Å². The lowest BCUT2D eigenvalue weighted by Crippen LogP contribution is -2.47. The molecule has 0 bridgehead atoms. The second-order valence-corrected chi connectivity index (χ2v) is 4.65. The molecule has 0 saturated carbocycles. The van der Waals surface area contributed by atoms with Crippen LogP contribution in [0.25, 0.3) is 0 Å². The van der Waals surface area contributed by atoms with Crippen molar-refractivity contribution in [1.29, 1.82) is 0 Å². The predicted octanol–water partition coefficient (Wildman–Crippen LogP) is 1.35. The van der Waals surface area contributed by atoms with Crippen LogP contribution in [0.1, 0.15) is 31.5 Å². The van der Waals surface area contributed by atoms with Gasteiger partial charge in [-0.05, 0) is 25.5 Å². The van der Waals surface area contributed by atoms with Gasteiger partial charge >= 0.3 is 0 Å². The Bertz CT molecular complexity index is 380. The predicted molar refractivity (Wildman–Crippen MR) is 66.4 cm³/mol. The molecule has 2 rings (SSSR count). The first-order valence-electron chi connectivity index (χ1n) is 6.08. The molecule has 1 aliphatic heterocycles. The number of rotatable bonds is 3. The highest BCUT2D eigenvalue weighted by molar-refractivity contribution is 5.76. The van der Waals surface area contributed by atoms with Gasteiger partial charge in [0.2, 0.25) is 5.91 Å². The van der Waals surface area contributed by atoms with Crippen molar-refractivity contribution < 1.29 is 4.79 Å². The molecule has 1 amide bonds. The summed E-state index contributed by atoms with van der Waals surface area (Å²) in [6.07, 6.45) is 3.37. The molecule has 0 spiro atoms. The molecule has 2 unspecified atom stereocenters. The van der Waals surface area contributed by atoms with Gasteiger partial charge in [-0.25, -0.2) is 0 Å². The number of nitrogens with zero attached hydrogens (tertiary/aromatic N) is 2. The lowest BCUT2D eigenvalue weighted by Gasteiger charge is -2.32. The van der Waals surface area contributed by atoms with Crippen LogP contribution < -0.4 is 5.32 Å². The number of amides is 1. The second-order valence-electron chi connectivity index (χ2n) is 4.65. The topological polar surface area (TPSA) is 45.2 Å². The zero-order valence-corrected chi connectivity index (χ0v) is 10.4. The van der Waals surface area contributed by atoms with Crippen molar-refractivity contribution in [3.8, 4) is 0 Å². The largest absolute Gasteiger partial charge is 0.344 e. The van der Waals surface area contributed by atoms with Gasteiger partial charge in [0.25, 0.3) is 0 Å². The van der Waals surface area contributed by atoms with Crippen molar-refractivity contribution in [2.75, 3.05) is 13.6 Å². The zero-order chi connectivity index (χ0) is 12.3. The fourth-order valence-electron chi connectivity index (χ4n) is 2.22. The Morgan fingerprint density at radius 2 is 2.35 bits per heavy atom. The first-order chi connectivity index (χ1) is 8.16. The Hall–Kier alpha value is -1.42. The van der Waals surface area contributed by atoms with Crippen molar-refractivity contribution in [1.82, 2.24) is 15.2 Å². The van der Waals surface area contributed by atoms with Crippen molar-refractivity contribution in [3.63, 3.8) is 0 Å². The maximum Gasteiger partial charge on any atom is 0.222 e. The number of aromatic nitrogens is 1. The molecular formula is C13H19N3O. The van der Waals surface area contributed by atoms with Gasteiger partial charge in [0.1, 0.15) is 0 Å². The maximum absolute atomic E-state index is 11.4. The van der Waals surface area contributed by atoms with E-state index in [1.807, 2.05) is 31.4 Å². The van der Waals surface area contributed by atoms with E-state index in [1.54, 1.807) is 4.90 Å². The Morgan fingerprint density at radius 3 is 3.00 bits per heavy atom. The van der Waals surface area contributed by atoms with Crippen LogP contribution in [0, 0.1) is 0 Å². The molecule has 1 aliphatic rings. The van der Waals surface area contributed by atoms with Gasteiger partial charge in [0.05, 0.1) is 5.69 Å². The number of likely N-dealkylation sites (tertiary alicyclic amines) is 1. The van der Waals surface area contributed by atoms with Crippen molar-refractivity contribution in [3.05, 3.63) is 30.1 Å². The fourth-order valence-corrected chi connectivity index (χ4v) is 2.22. The number of hydrogen-bond donors (Lipinski definition) is 1. The summed E-state index contributed by atoms with van der Waals surface area (Å²) in [5.41, 5.74) is 1.05. The Kier molecular flexibility index (Phi) is 3.74. The molecule has 0 radical (unpaired) electrons. The first kappa shape index (κ1) is 12.0. The molecule has 0 aromatic carbocycles. The van der Waals surface area contributed by atoms with E-state index in [-0.39, 0.29) is 11.9 Å². The number of pyridine rings is 1. The van der Waals surface area contributed by atoms with Gasteiger partial charge in [-0.15, -0.1) is 0 Å². The maximum atomic E-state index is 11.4. The summed E-state index contributed by atoms with van der Waals surface area (Å²) in [5.74, 6) is 0.244. The molecule has 92 valence electrons. The summed E-state index contributed by atoms with van der Waals surface area (Å²) in [7, 11) is 1.86. The van der Waals surface area contributed by atoms with Gasteiger partial charge < -0.3 is 10.2 Å². The molecule has 2 heterocycles. The van der Waals surface area contributed by atoms with Crippen molar-refractivity contribution in [2.24, 2.45) is 0 Å². The minimum atomic E-state index is 0.225. The molecule has 1 saturated heterocycles. The van der Waals surface area contributed by atoms with Gasteiger partial charge in [-0.2, -0.15) is 0 Å². The normalized spacial score (nSPS) is 22.6. The van der Waals surface area contributed by atoms with Crippen LogP contribution in [0.2, 0.25) is 0 Å². The van der Waals surface area contributed by atoms with E-state index in [4.69, 9.17) is 0 Å². The molecular weight excluding hydrogens is 214 g/mol. The van der Waals surface area contributed by atoms with E-state index < -0.39 is 0 Å². The molecule has 17 heavy (non-hydrogen) atoms. The highest BCUT2D eigenvalue weighted by Crippen LogP contribution is 2.15. The third kappa shape index (κ3) is 3.03. The van der Waals surface area contributed by atoms with Crippen LogP contribution >= 0.6 is 0 Å². The van der Waals surface area contributed by atoms with Crippen LogP contribution in [0.3, 0.4) is 0 Å². The van der Waals surface area contributed by atoms with Crippen LogP contribution in [-0.2, 0) is 4.79 Å². The summed E-state index contributed by atoms with van der Waals surface area (Å²) < 4.78 is 0. The molecule has 4 nitrogen and oxygen atoms in total. The lowest BCUT2D eigenvalue weighted by molar-refractivity contribution is -0.132. The van der Waals surface area contributed by atoms with Gasteiger partial charge in [0.15, 0.2) is 0 Å². The molecule has 1 N–H and O–H groups in total. The number of nitrogens with one attached hydrogen (secondary N) is 1. The number of piperidine rings is 1. The van der Waals surface area contributed by atoms with Gasteiger partial charge in [-0.1, -0.05) is 6.07 Å². The summed E-state index contributed by atoms with van der Waals surface area (Å²) in [6, 6.07) is 6.54. The monoisotopic (exact) mass is 233 g/mol. The second kappa shape index (κ2) is 5.27. The van der Waals surface area contributed by atoms with Crippen LogP contribution in [0.4, 0.5) is 0 Å². The van der Waals surface area contributed by atoms with E-state index in [2.05, 4.69) is 17.2 Å². The quantitative estimate of drug-likeness (QED) is 0.857. The highest BCUT2D eigenvalue weighted by atomic mass is 16.2. The number of likely N-dealkylation sites (N-methyl/N-ethyl adjacent to an activating group) is 1. The fraction of sp³-hybridized carbons (Fsp3) is 0.538. The number of hydrogen-bond acceptors (Lipinski definition) is 3. The number of carbonyl (C=O) groups is 1. The van der Waals surface area contributed by atoms with E-state index in [1.165, 1.54) is 0 Å². The summed E-state index contributed by atoms with van der Waals surface area (Å²) in [6.45, 7) is 2.90. The smallest absolute Gasteiger partial charge is 0.222 e. The summed E-state index contributed by atoms with van der Waals surface area (Å²) in [5, 5.41) is 3.53. The first-order valence-corrected chi connectivity index (χ1v) is 6.08. The van der Waals surface area contributed by atoms with E-state index in [0.29, 0.717) is 12.5 Å². The zero-order valence-electron chi connectivity index (χ0n) is 10.4. The third-order valence-corrected chi connectivity index (χ3v) is 3.24. The van der Waals surface area contributed by atoms with E-state index in [0.717, 1.165) is 18.7 Å². The van der Waals surface area contributed by atoms with E-state index >= 15 is 0 Å². The highest BCUT2D eigenvalue weighted by Gasteiger charge is 2.24. The van der Waals surface area contributed by atoms with E-state index in [9.17, 15) is 4.79 Å². The molecule has 2 atom stereocenters. The molecule has 1 fully saturated rings. The minimum absolute atomic E-state index is 0.225. The molecule has 1 aromatic heterocycles. The van der Waals surface area contributed by atoms with Crippen LogP contribution in [0.5, 0.6) is 0 Å². The van der Waals surface area contributed by atoms with Crippen molar-refractivity contribution in [2.45, 2.75) is 31.8 Å². The molecule has 4 heteroatoms. The Balaban J connectivity index is 1.91. The lowest BCUT2D eigenvalue weighted by atomic mass is 10.0. The molecule has 0 aliphatic carbocycles. The third-order valence-electron chi connectivity index (χ3n) is 3.24. The Morgan fingerprint density at radius 1 is 1.53 bits per heavy atom. The van der Waals surface area contributed by atoms with Crippen LogP contribution in [0.15, 0.2) is 24.4 Å².